The zero-order valence-corrected chi connectivity index (χ0v) is 20.1. The molecular weight excluding hydrogens is 472 g/mol. The lowest BCUT2D eigenvalue weighted by Crippen LogP contribution is -2.19. The number of nitrogens with one attached hydrogen (secondary N) is 2. The van der Waals surface area contributed by atoms with Crippen LogP contribution in [0.5, 0.6) is 0 Å². The number of carbonyl (C=O) groups excluding carboxylic acids is 2. The summed E-state index contributed by atoms with van der Waals surface area (Å²) in [6, 6.07) is 32.3. The SMILES string of the molecule is O=C(Cc1ccccc1)Nc1cccc(SC(C(=O)Nc2ccc(C(=O)O)cc2)c2ccccc2)c1. The van der Waals surface area contributed by atoms with E-state index in [1.165, 1.54) is 23.9 Å². The van der Waals surface area contributed by atoms with Crippen LogP contribution >= 0.6 is 11.8 Å². The lowest BCUT2D eigenvalue weighted by atomic mass is 10.1. The highest BCUT2D eigenvalue weighted by Gasteiger charge is 2.22. The molecule has 36 heavy (non-hydrogen) atoms. The number of carboxylic acids is 1. The van der Waals surface area contributed by atoms with Gasteiger partial charge in [0.15, 0.2) is 0 Å². The van der Waals surface area contributed by atoms with Gasteiger partial charge in [-0.3, -0.25) is 9.59 Å². The molecule has 0 aliphatic rings. The van der Waals surface area contributed by atoms with Gasteiger partial charge >= 0.3 is 5.97 Å². The summed E-state index contributed by atoms with van der Waals surface area (Å²) in [6.45, 7) is 0. The molecule has 4 aromatic carbocycles. The fourth-order valence-electron chi connectivity index (χ4n) is 3.57. The van der Waals surface area contributed by atoms with Crippen LogP contribution in [0.4, 0.5) is 11.4 Å². The van der Waals surface area contributed by atoms with Gasteiger partial charge in [0.05, 0.1) is 12.0 Å². The molecule has 0 aliphatic heterocycles. The molecule has 0 aromatic heterocycles. The van der Waals surface area contributed by atoms with Gasteiger partial charge in [0, 0.05) is 16.3 Å². The van der Waals surface area contributed by atoms with E-state index in [0.717, 1.165) is 16.0 Å². The first-order valence-corrected chi connectivity index (χ1v) is 12.2. The number of amides is 2. The van der Waals surface area contributed by atoms with E-state index in [2.05, 4.69) is 10.6 Å². The third-order valence-electron chi connectivity index (χ3n) is 5.32. The Hall–Kier alpha value is -4.36. The van der Waals surface area contributed by atoms with Gasteiger partial charge in [0.25, 0.3) is 0 Å². The Bertz CT molecular complexity index is 1340. The van der Waals surface area contributed by atoms with Gasteiger partial charge in [0.2, 0.25) is 11.8 Å². The molecule has 0 saturated carbocycles. The van der Waals surface area contributed by atoms with Crippen LogP contribution in [-0.2, 0) is 16.0 Å². The van der Waals surface area contributed by atoms with Crippen LogP contribution in [0.1, 0.15) is 26.7 Å². The number of aromatic carboxylic acids is 1. The molecule has 0 radical (unpaired) electrons. The average Bonchev–Trinajstić information content (AvgIpc) is 2.89. The summed E-state index contributed by atoms with van der Waals surface area (Å²) in [5.41, 5.74) is 3.05. The molecule has 0 aliphatic carbocycles. The lowest BCUT2D eigenvalue weighted by molar-refractivity contribution is -0.116. The quantitative estimate of drug-likeness (QED) is 0.246. The van der Waals surface area contributed by atoms with E-state index in [9.17, 15) is 14.4 Å². The number of carbonyl (C=O) groups is 3. The van der Waals surface area contributed by atoms with Crippen molar-refractivity contribution in [3.05, 3.63) is 126 Å². The summed E-state index contributed by atoms with van der Waals surface area (Å²) in [6.07, 6.45) is 0.272. The van der Waals surface area contributed by atoms with Crippen LogP contribution in [0.25, 0.3) is 0 Å². The van der Waals surface area contributed by atoms with Crippen LogP contribution in [0.2, 0.25) is 0 Å². The van der Waals surface area contributed by atoms with E-state index in [1.54, 1.807) is 12.1 Å². The number of anilines is 2. The van der Waals surface area contributed by atoms with Gasteiger partial charge in [-0.05, 0) is 53.6 Å². The van der Waals surface area contributed by atoms with Gasteiger partial charge in [-0.2, -0.15) is 0 Å². The fourth-order valence-corrected chi connectivity index (χ4v) is 4.66. The van der Waals surface area contributed by atoms with Gasteiger partial charge in [-0.15, -0.1) is 11.8 Å². The van der Waals surface area contributed by atoms with Crippen molar-refractivity contribution in [3.63, 3.8) is 0 Å². The third-order valence-corrected chi connectivity index (χ3v) is 6.57. The Balaban J connectivity index is 1.49. The van der Waals surface area contributed by atoms with E-state index in [4.69, 9.17) is 5.11 Å². The summed E-state index contributed by atoms with van der Waals surface area (Å²) in [4.78, 5) is 37.7. The van der Waals surface area contributed by atoms with Crippen molar-refractivity contribution in [3.8, 4) is 0 Å². The topological polar surface area (TPSA) is 95.5 Å². The fraction of sp³-hybridized carbons (Fsp3) is 0.0690. The Morgan fingerprint density at radius 1 is 0.722 bits per heavy atom. The minimum Gasteiger partial charge on any atom is -0.478 e. The molecule has 0 heterocycles. The normalized spacial score (nSPS) is 11.3. The third kappa shape index (κ3) is 6.84. The van der Waals surface area contributed by atoms with Crippen molar-refractivity contribution < 1.29 is 19.5 Å². The Kier molecular flexibility index (Phi) is 8.16. The number of benzene rings is 4. The molecule has 0 spiro atoms. The maximum atomic E-state index is 13.3. The first-order valence-electron chi connectivity index (χ1n) is 11.3. The van der Waals surface area contributed by atoms with Gasteiger partial charge in [-0.25, -0.2) is 4.79 Å². The van der Waals surface area contributed by atoms with E-state index < -0.39 is 11.2 Å². The van der Waals surface area contributed by atoms with E-state index in [1.807, 2.05) is 84.9 Å². The van der Waals surface area contributed by atoms with Gasteiger partial charge in [-0.1, -0.05) is 66.7 Å². The highest BCUT2D eigenvalue weighted by Crippen LogP contribution is 2.37. The second-order valence-electron chi connectivity index (χ2n) is 8.02. The summed E-state index contributed by atoms with van der Waals surface area (Å²) in [5.74, 6) is -1.39. The Morgan fingerprint density at radius 2 is 1.39 bits per heavy atom. The molecule has 3 N–H and O–H groups in total. The number of thioether (sulfide) groups is 1. The Morgan fingerprint density at radius 3 is 2.06 bits per heavy atom. The van der Waals surface area contributed by atoms with Crippen LogP contribution in [-0.4, -0.2) is 22.9 Å². The van der Waals surface area contributed by atoms with Crippen LogP contribution in [0, 0.1) is 0 Å². The molecule has 7 heteroatoms. The molecule has 4 aromatic rings. The minimum absolute atomic E-state index is 0.120. The smallest absolute Gasteiger partial charge is 0.335 e. The first kappa shape index (κ1) is 24.8. The second-order valence-corrected chi connectivity index (χ2v) is 9.20. The van der Waals surface area contributed by atoms with Crippen molar-refractivity contribution in [2.75, 3.05) is 10.6 Å². The lowest BCUT2D eigenvalue weighted by Gasteiger charge is -2.18. The summed E-state index contributed by atoms with van der Waals surface area (Å²) in [5, 5.41) is 14.3. The zero-order valence-electron chi connectivity index (χ0n) is 19.3. The minimum atomic E-state index is -1.03. The standard InChI is InChI=1S/C29H24N2O4S/c32-26(18-20-8-3-1-4-9-20)30-24-12-7-13-25(19-24)36-27(21-10-5-2-6-11-21)28(33)31-23-16-14-22(15-17-23)29(34)35/h1-17,19,27H,18H2,(H,30,32)(H,31,33)(H,34,35). The molecule has 1 unspecified atom stereocenters. The molecule has 0 saturated heterocycles. The second kappa shape index (κ2) is 11.9. The van der Waals surface area contributed by atoms with E-state index >= 15 is 0 Å². The van der Waals surface area contributed by atoms with Gasteiger partial charge < -0.3 is 15.7 Å². The van der Waals surface area contributed by atoms with Crippen molar-refractivity contribution in [1.82, 2.24) is 0 Å². The first-order chi connectivity index (χ1) is 17.5. The number of carboxylic acid groups (broad SMARTS) is 1. The highest BCUT2D eigenvalue weighted by atomic mass is 32.2. The molecule has 2 amide bonds. The van der Waals surface area contributed by atoms with E-state index in [0.29, 0.717) is 11.4 Å². The highest BCUT2D eigenvalue weighted by molar-refractivity contribution is 8.00. The van der Waals surface area contributed by atoms with Crippen molar-refractivity contribution >= 4 is 40.9 Å². The monoisotopic (exact) mass is 496 g/mol. The van der Waals surface area contributed by atoms with E-state index in [-0.39, 0.29) is 23.8 Å². The summed E-state index contributed by atoms with van der Waals surface area (Å²) in [7, 11) is 0. The predicted octanol–water partition coefficient (Wildman–Crippen LogP) is 6.04. The van der Waals surface area contributed by atoms with Crippen LogP contribution < -0.4 is 10.6 Å². The molecular formula is C29H24N2O4S. The summed E-state index contributed by atoms with van der Waals surface area (Å²) < 4.78 is 0. The molecule has 0 bridgehead atoms. The molecule has 1 atom stereocenters. The number of hydrogen-bond donors (Lipinski definition) is 3. The average molecular weight is 497 g/mol. The maximum Gasteiger partial charge on any atom is 0.335 e. The van der Waals surface area contributed by atoms with Crippen molar-refractivity contribution in [1.29, 1.82) is 0 Å². The summed E-state index contributed by atoms with van der Waals surface area (Å²) >= 11 is 1.36. The molecule has 180 valence electrons. The largest absolute Gasteiger partial charge is 0.478 e. The number of rotatable bonds is 9. The molecule has 6 nitrogen and oxygen atoms in total. The van der Waals surface area contributed by atoms with Crippen molar-refractivity contribution in [2.45, 2.75) is 16.6 Å². The molecule has 0 fully saturated rings. The van der Waals surface area contributed by atoms with Crippen molar-refractivity contribution in [2.24, 2.45) is 0 Å². The maximum absolute atomic E-state index is 13.3. The van der Waals surface area contributed by atoms with Crippen LogP contribution in [0.15, 0.2) is 114 Å². The number of hydrogen-bond acceptors (Lipinski definition) is 4. The van der Waals surface area contributed by atoms with Gasteiger partial charge in [0.1, 0.15) is 5.25 Å². The molecule has 4 rings (SSSR count). The Labute approximate surface area is 213 Å². The van der Waals surface area contributed by atoms with Crippen LogP contribution in [0.3, 0.4) is 0 Å². The predicted molar refractivity (Wildman–Crippen MR) is 142 cm³/mol. The zero-order chi connectivity index (χ0) is 25.3.